The maximum atomic E-state index is 12.4. The number of phosphoric ester groups is 1. The molecule has 0 radical (unpaired) electrons. The lowest BCUT2D eigenvalue weighted by atomic mass is 10.0. The van der Waals surface area contributed by atoms with Crippen LogP contribution in [0.4, 0.5) is 0 Å². The van der Waals surface area contributed by atoms with Crippen LogP contribution in [0.25, 0.3) is 0 Å². The van der Waals surface area contributed by atoms with Crippen molar-refractivity contribution in [3.63, 3.8) is 0 Å². The van der Waals surface area contributed by atoms with Crippen LogP contribution < -0.4 is 0 Å². The van der Waals surface area contributed by atoms with Gasteiger partial charge < -0.3 is 19.3 Å². The van der Waals surface area contributed by atoms with E-state index >= 15 is 0 Å². The van der Waals surface area contributed by atoms with Gasteiger partial charge in [-0.1, -0.05) is 192 Å². The number of carbonyl (C=O) groups is 2. The number of unbranched alkanes of at least 4 members (excludes halogenated alkanes) is 27. The van der Waals surface area contributed by atoms with E-state index in [1.807, 2.05) is 0 Å². The molecule has 0 saturated heterocycles. The highest BCUT2D eigenvalue weighted by atomic mass is 31.2. The van der Waals surface area contributed by atoms with Crippen LogP contribution in [-0.4, -0.2) is 41.0 Å². The molecule has 312 valence electrons. The quantitative estimate of drug-likeness (QED) is 0.0273. The molecule has 0 aromatic heterocycles. The van der Waals surface area contributed by atoms with Crippen LogP contribution in [0, 0.1) is 0 Å². The predicted molar refractivity (Wildman–Crippen MR) is 221 cm³/mol. The molecule has 8 nitrogen and oxygen atoms in total. The Bertz CT molecular complexity index is 915. The van der Waals surface area contributed by atoms with Gasteiger partial charge in [0.1, 0.15) is 6.61 Å². The molecule has 1 atom stereocenters. The Labute approximate surface area is 326 Å². The van der Waals surface area contributed by atoms with Crippen molar-refractivity contribution in [3.8, 4) is 0 Å². The largest absolute Gasteiger partial charge is 0.469 e. The van der Waals surface area contributed by atoms with Crippen molar-refractivity contribution in [2.24, 2.45) is 0 Å². The first kappa shape index (κ1) is 51.5. The Morgan fingerprint density at radius 2 is 0.849 bits per heavy atom. The van der Waals surface area contributed by atoms with E-state index in [0.29, 0.717) is 6.42 Å². The van der Waals surface area contributed by atoms with Crippen LogP contribution in [0.2, 0.25) is 0 Å². The summed E-state index contributed by atoms with van der Waals surface area (Å²) in [5.41, 5.74) is 0. The molecule has 0 spiro atoms. The lowest BCUT2D eigenvalue weighted by Gasteiger charge is -2.18. The smallest absolute Gasteiger partial charge is 0.462 e. The molecule has 0 aromatic rings. The number of hydrogen-bond acceptors (Lipinski definition) is 6. The second-order valence-corrected chi connectivity index (χ2v) is 16.3. The number of ether oxygens (including phenoxy) is 2. The van der Waals surface area contributed by atoms with Crippen LogP contribution in [0.3, 0.4) is 0 Å². The average Bonchev–Trinajstić information content (AvgIpc) is 3.13. The summed E-state index contributed by atoms with van der Waals surface area (Å²) in [5.74, 6) is -0.879. The van der Waals surface area contributed by atoms with Gasteiger partial charge in [-0.05, 0) is 44.9 Å². The lowest BCUT2D eigenvalue weighted by Crippen LogP contribution is -2.29. The third-order valence-electron chi connectivity index (χ3n) is 9.72. The van der Waals surface area contributed by atoms with Crippen molar-refractivity contribution in [1.82, 2.24) is 0 Å². The number of carbonyl (C=O) groups excluding carboxylic acids is 2. The van der Waals surface area contributed by atoms with Crippen molar-refractivity contribution in [3.05, 3.63) is 24.3 Å². The highest BCUT2D eigenvalue weighted by molar-refractivity contribution is 7.46. The Balaban J connectivity index is 3.87. The summed E-state index contributed by atoms with van der Waals surface area (Å²) in [6, 6.07) is 0. The van der Waals surface area contributed by atoms with Gasteiger partial charge in [0.05, 0.1) is 6.61 Å². The van der Waals surface area contributed by atoms with E-state index in [0.717, 1.165) is 51.4 Å². The third kappa shape index (κ3) is 43.1. The minimum atomic E-state index is -4.75. The van der Waals surface area contributed by atoms with Crippen LogP contribution in [0.1, 0.15) is 226 Å². The Hall–Kier alpha value is -1.47. The van der Waals surface area contributed by atoms with E-state index in [1.54, 1.807) is 0 Å². The second kappa shape index (κ2) is 40.2. The molecular weight excluding hydrogens is 687 g/mol. The maximum Gasteiger partial charge on any atom is 0.469 e. The predicted octanol–water partition coefficient (Wildman–Crippen LogP) is 13.6. The zero-order valence-electron chi connectivity index (χ0n) is 34.4. The lowest BCUT2D eigenvalue weighted by molar-refractivity contribution is -0.161. The van der Waals surface area contributed by atoms with Gasteiger partial charge in [0, 0.05) is 12.8 Å². The Morgan fingerprint density at radius 3 is 1.25 bits per heavy atom. The first-order chi connectivity index (χ1) is 25.8. The van der Waals surface area contributed by atoms with Gasteiger partial charge in [0.25, 0.3) is 0 Å². The monoisotopic (exact) mass is 771 g/mol. The van der Waals surface area contributed by atoms with E-state index in [-0.39, 0.29) is 19.4 Å². The fourth-order valence-corrected chi connectivity index (χ4v) is 6.77. The van der Waals surface area contributed by atoms with Crippen LogP contribution >= 0.6 is 7.82 Å². The fraction of sp³-hybridized carbons (Fsp3) is 0.864. The van der Waals surface area contributed by atoms with E-state index in [2.05, 4.69) is 42.7 Å². The molecule has 0 aliphatic carbocycles. The first-order valence-electron chi connectivity index (χ1n) is 22.1. The van der Waals surface area contributed by atoms with Gasteiger partial charge in [0.2, 0.25) is 0 Å². The third-order valence-corrected chi connectivity index (χ3v) is 10.2. The number of phosphoric acid groups is 1. The summed E-state index contributed by atoms with van der Waals surface area (Å²) in [6.45, 7) is 3.69. The van der Waals surface area contributed by atoms with Crippen LogP contribution in [0.5, 0.6) is 0 Å². The van der Waals surface area contributed by atoms with Crippen LogP contribution in [0.15, 0.2) is 24.3 Å². The van der Waals surface area contributed by atoms with E-state index in [1.165, 1.54) is 141 Å². The van der Waals surface area contributed by atoms with Gasteiger partial charge in [-0.25, -0.2) is 4.57 Å². The molecule has 0 rings (SSSR count). The molecule has 2 N–H and O–H groups in total. The van der Waals surface area contributed by atoms with Crippen molar-refractivity contribution in [2.75, 3.05) is 13.2 Å². The summed E-state index contributed by atoms with van der Waals surface area (Å²) >= 11 is 0. The topological polar surface area (TPSA) is 119 Å². The van der Waals surface area contributed by atoms with Gasteiger partial charge >= 0.3 is 19.8 Å². The summed E-state index contributed by atoms with van der Waals surface area (Å²) < 4.78 is 26.4. The highest BCUT2D eigenvalue weighted by Crippen LogP contribution is 2.36. The SMILES string of the molecule is CCCCCCC/C=C\C/C=C\CCCCCCCCCCCC(=O)OC(COC(=O)CCCCCCCCCCCCCCCC)COP(=O)(O)O. The van der Waals surface area contributed by atoms with Gasteiger partial charge in [-0.15, -0.1) is 0 Å². The minimum Gasteiger partial charge on any atom is -0.462 e. The number of allylic oxidation sites excluding steroid dienone is 4. The Morgan fingerprint density at radius 1 is 0.491 bits per heavy atom. The summed E-state index contributed by atoms with van der Waals surface area (Å²) in [6.07, 6.45) is 46.1. The molecule has 1 unspecified atom stereocenters. The molecule has 0 bridgehead atoms. The van der Waals surface area contributed by atoms with Crippen molar-refractivity contribution in [1.29, 1.82) is 0 Å². The normalized spacial score (nSPS) is 12.6. The fourth-order valence-electron chi connectivity index (χ4n) is 6.40. The number of rotatable bonds is 41. The van der Waals surface area contributed by atoms with Crippen LogP contribution in [-0.2, 0) is 28.2 Å². The first-order valence-corrected chi connectivity index (χ1v) is 23.7. The van der Waals surface area contributed by atoms with Gasteiger partial charge in [0.15, 0.2) is 6.10 Å². The molecular formula is C44H83O8P. The van der Waals surface area contributed by atoms with Crippen molar-refractivity contribution in [2.45, 2.75) is 232 Å². The number of hydrogen-bond donors (Lipinski definition) is 2. The van der Waals surface area contributed by atoms with Gasteiger partial charge in [-0.3, -0.25) is 14.1 Å². The summed E-state index contributed by atoms with van der Waals surface area (Å²) in [4.78, 5) is 42.9. The van der Waals surface area contributed by atoms with Crippen molar-refractivity contribution < 1.29 is 37.9 Å². The molecule has 0 amide bonds. The summed E-state index contributed by atoms with van der Waals surface area (Å²) in [5, 5.41) is 0. The zero-order valence-corrected chi connectivity index (χ0v) is 35.3. The standard InChI is InChI=1S/C44H83O8P/c1-3-5-7-9-11-13-15-17-19-20-21-22-23-24-25-27-29-31-33-35-37-39-44(46)52-42(41-51-53(47,48)49)40-50-43(45)38-36-34-32-30-28-26-18-16-14-12-10-8-6-4-2/h15,17,20-21,42H,3-14,16,18-19,22-41H2,1-2H3,(H2,47,48,49)/b17-15-,21-20-. The zero-order chi connectivity index (χ0) is 38.9. The molecule has 0 aliphatic heterocycles. The minimum absolute atomic E-state index is 0.210. The molecule has 53 heavy (non-hydrogen) atoms. The van der Waals surface area contributed by atoms with E-state index < -0.39 is 32.5 Å². The van der Waals surface area contributed by atoms with Gasteiger partial charge in [-0.2, -0.15) is 0 Å². The summed E-state index contributed by atoms with van der Waals surface area (Å²) in [7, 11) is -4.75. The number of esters is 2. The maximum absolute atomic E-state index is 12.4. The molecule has 0 aromatic carbocycles. The molecule has 9 heteroatoms. The highest BCUT2D eigenvalue weighted by Gasteiger charge is 2.22. The molecule has 0 saturated carbocycles. The van der Waals surface area contributed by atoms with E-state index in [4.69, 9.17) is 19.3 Å². The Kier molecular flexibility index (Phi) is 39.1. The van der Waals surface area contributed by atoms with Crippen molar-refractivity contribution >= 4 is 19.8 Å². The molecule has 0 aliphatic rings. The average molecular weight is 771 g/mol. The van der Waals surface area contributed by atoms with E-state index in [9.17, 15) is 14.2 Å². The molecule has 0 fully saturated rings. The molecule has 0 heterocycles. The second-order valence-electron chi connectivity index (χ2n) is 15.0.